The number of carbonyl (C=O) groups is 2. The Balaban J connectivity index is 2.29. The number of amides is 2. The van der Waals surface area contributed by atoms with Gasteiger partial charge in [-0.1, -0.05) is 13.0 Å². The maximum Gasteiger partial charge on any atom is 0.270 e. The van der Waals surface area contributed by atoms with Crippen LogP contribution >= 0.6 is 0 Å². The molecule has 126 valence electrons. The molecule has 1 aromatic heterocycles. The summed E-state index contributed by atoms with van der Waals surface area (Å²) in [5.74, 6) is 0.141. The van der Waals surface area contributed by atoms with Crippen molar-refractivity contribution < 1.29 is 9.59 Å². The summed E-state index contributed by atoms with van der Waals surface area (Å²) in [4.78, 5) is 28.1. The number of aromatic nitrogens is 1. The standard InChI is InChI=1S/C18H27N3O2/c1-6-8-21-14(4)16(7-2)13(3)17(21)18(23)20-11-9-19(10-12-20)15(5)22/h6H,1,7-12H2,2-5H3. The summed E-state index contributed by atoms with van der Waals surface area (Å²) >= 11 is 0. The van der Waals surface area contributed by atoms with Crippen LogP contribution in [0.2, 0.25) is 0 Å². The number of hydrogen-bond donors (Lipinski definition) is 0. The maximum absolute atomic E-state index is 13.0. The fraction of sp³-hybridized carbons (Fsp3) is 0.556. The van der Waals surface area contributed by atoms with Gasteiger partial charge in [0.1, 0.15) is 5.69 Å². The minimum Gasteiger partial charge on any atom is -0.339 e. The van der Waals surface area contributed by atoms with Crippen molar-refractivity contribution in [3.8, 4) is 0 Å². The first kappa shape index (κ1) is 17.3. The van der Waals surface area contributed by atoms with Crippen molar-refractivity contribution >= 4 is 11.8 Å². The lowest BCUT2D eigenvalue weighted by molar-refractivity contribution is -0.130. The fourth-order valence-corrected chi connectivity index (χ4v) is 3.48. The third-order valence-corrected chi connectivity index (χ3v) is 4.80. The Labute approximate surface area is 138 Å². The molecule has 0 N–H and O–H groups in total. The van der Waals surface area contributed by atoms with Gasteiger partial charge in [-0.05, 0) is 31.4 Å². The van der Waals surface area contributed by atoms with E-state index in [9.17, 15) is 9.59 Å². The Morgan fingerprint density at radius 1 is 1.13 bits per heavy atom. The molecule has 0 atom stereocenters. The molecule has 0 saturated carbocycles. The molecule has 23 heavy (non-hydrogen) atoms. The van der Waals surface area contributed by atoms with Gasteiger partial charge >= 0.3 is 0 Å². The van der Waals surface area contributed by atoms with E-state index in [1.807, 2.05) is 17.9 Å². The van der Waals surface area contributed by atoms with Crippen molar-refractivity contribution in [1.29, 1.82) is 0 Å². The Kier molecular flexibility index (Phi) is 5.29. The summed E-state index contributed by atoms with van der Waals surface area (Å²) in [6.07, 6.45) is 2.75. The molecule has 1 aromatic rings. The molecule has 0 aromatic carbocycles. The topological polar surface area (TPSA) is 45.6 Å². The maximum atomic E-state index is 13.0. The van der Waals surface area contributed by atoms with Gasteiger partial charge in [0.2, 0.25) is 5.91 Å². The highest BCUT2D eigenvalue weighted by atomic mass is 16.2. The van der Waals surface area contributed by atoms with Gasteiger partial charge in [0, 0.05) is 45.3 Å². The van der Waals surface area contributed by atoms with E-state index in [1.54, 1.807) is 11.8 Å². The zero-order chi connectivity index (χ0) is 17.1. The van der Waals surface area contributed by atoms with E-state index >= 15 is 0 Å². The molecule has 0 spiro atoms. The molecule has 2 heterocycles. The first-order valence-electron chi connectivity index (χ1n) is 8.26. The molecule has 1 fully saturated rings. The lowest BCUT2D eigenvalue weighted by atomic mass is 10.1. The van der Waals surface area contributed by atoms with Crippen LogP contribution in [-0.2, 0) is 17.8 Å². The minimum atomic E-state index is 0.0651. The highest BCUT2D eigenvalue weighted by Crippen LogP contribution is 2.24. The van der Waals surface area contributed by atoms with Gasteiger partial charge in [0.05, 0.1) is 0 Å². The van der Waals surface area contributed by atoms with Crippen LogP contribution in [0.5, 0.6) is 0 Å². The van der Waals surface area contributed by atoms with E-state index < -0.39 is 0 Å². The molecule has 1 aliphatic rings. The number of allylic oxidation sites excluding steroid dienone is 1. The average molecular weight is 317 g/mol. The minimum absolute atomic E-state index is 0.0651. The molecule has 5 heteroatoms. The third kappa shape index (κ3) is 3.19. The van der Waals surface area contributed by atoms with Gasteiger partial charge in [-0.2, -0.15) is 0 Å². The van der Waals surface area contributed by atoms with Gasteiger partial charge in [0.15, 0.2) is 0 Å². The van der Waals surface area contributed by atoms with Gasteiger partial charge in [-0.25, -0.2) is 0 Å². The summed E-state index contributed by atoms with van der Waals surface area (Å²) < 4.78 is 2.07. The van der Waals surface area contributed by atoms with Crippen LogP contribution in [0.3, 0.4) is 0 Å². The summed E-state index contributed by atoms with van der Waals surface area (Å²) in [6, 6.07) is 0. The van der Waals surface area contributed by atoms with Gasteiger partial charge in [-0.15, -0.1) is 6.58 Å². The third-order valence-electron chi connectivity index (χ3n) is 4.80. The predicted octanol–water partition coefficient (Wildman–Crippen LogP) is 2.16. The zero-order valence-electron chi connectivity index (χ0n) is 14.7. The highest BCUT2D eigenvalue weighted by Gasteiger charge is 2.28. The Morgan fingerprint density at radius 3 is 2.17 bits per heavy atom. The van der Waals surface area contributed by atoms with Crippen LogP contribution < -0.4 is 0 Å². The van der Waals surface area contributed by atoms with Crippen molar-refractivity contribution in [3.05, 3.63) is 35.2 Å². The van der Waals surface area contributed by atoms with Gasteiger partial charge in [-0.3, -0.25) is 9.59 Å². The van der Waals surface area contributed by atoms with Gasteiger partial charge < -0.3 is 14.4 Å². The second kappa shape index (κ2) is 7.02. The zero-order valence-corrected chi connectivity index (χ0v) is 14.7. The number of rotatable bonds is 4. The van der Waals surface area contributed by atoms with E-state index in [-0.39, 0.29) is 11.8 Å². The molecule has 0 radical (unpaired) electrons. The molecule has 2 rings (SSSR count). The largest absolute Gasteiger partial charge is 0.339 e. The Hall–Kier alpha value is -2.04. The molecule has 0 bridgehead atoms. The van der Waals surface area contributed by atoms with Crippen molar-refractivity contribution in [3.63, 3.8) is 0 Å². The first-order chi connectivity index (χ1) is 10.9. The van der Waals surface area contributed by atoms with Crippen molar-refractivity contribution in [2.45, 2.75) is 40.7 Å². The lowest BCUT2D eigenvalue weighted by Crippen LogP contribution is -2.50. The van der Waals surface area contributed by atoms with E-state index in [2.05, 4.69) is 25.0 Å². The monoisotopic (exact) mass is 317 g/mol. The second-order valence-electron chi connectivity index (χ2n) is 6.09. The summed E-state index contributed by atoms with van der Waals surface area (Å²) in [7, 11) is 0. The Bertz CT molecular complexity index is 623. The van der Waals surface area contributed by atoms with Crippen LogP contribution in [0.25, 0.3) is 0 Å². The fourth-order valence-electron chi connectivity index (χ4n) is 3.48. The number of hydrogen-bond acceptors (Lipinski definition) is 2. The van der Waals surface area contributed by atoms with Crippen molar-refractivity contribution in [1.82, 2.24) is 14.4 Å². The summed E-state index contributed by atoms with van der Waals surface area (Å²) in [5.41, 5.74) is 4.24. The van der Waals surface area contributed by atoms with E-state index in [1.165, 1.54) is 5.56 Å². The molecule has 1 aliphatic heterocycles. The number of carbonyl (C=O) groups excluding carboxylic acids is 2. The van der Waals surface area contributed by atoms with Crippen molar-refractivity contribution in [2.24, 2.45) is 0 Å². The van der Waals surface area contributed by atoms with E-state index in [0.717, 1.165) is 23.4 Å². The molecule has 0 aliphatic carbocycles. The first-order valence-corrected chi connectivity index (χ1v) is 8.26. The lowest BCUT2D eigenvalue weighted by Gasteiger charge is -2.34. The van der Waals surface area contributed by atoms with Gasteiger partial charge in [0.25, 0.3) is 5.91 Å². The van der Waals surface area contributed by atoms with E-state index in [4.69, 9.17) is 0 Å². The molecular formula is C18H27N3O2. The summed E-state index contributed by atoms with van der Waals surface area (Å²) in [6.45, 7) is 14.7. The molecule has 2 amide bonds. The molecular weight excluding hydrogens is 290 g/mol. The SMILES string of the molecule is C=CCn1c(C)c(CC)c(C)c1C(=O)N1CCN(C(C)=O)CC1. The summed E-state index contributed by atoms with van der Waals surface area (Å²) in [5, 5.41) is 0. The molecule has 1 saturated heterocycles. The molecule has 0 unspecified atom stereocenters. The normalized spacial score (nSPS) is 15.0. The average Bonchev–Trinajstić information content (AvgIpc) is 2.77. The van der Waals surface area contributed by atoms with Crippen LogP contribution in [-0.4, -0.2) is 52.4 Å². The number of piperazine rings is 1. The van der Waals surface area contributed by atoms with Crippen LogP contribution in [0.4, 0.5) is 0 Å². The second-order valence-corrected chi connectivity index (χ2v) is 6.09. The van der Waals surface area contributed by atoms with Crippen LogP contribution in [0.1, 0.15) is 41.2 Å². The number of nitrogens with zero attached hydrogens (tertiary/aromatic N) is 3. The predicted molar refractivity (Wildman–Crippen MR) is 91.6 cm³/mol. The smallest absolute Gasteiger partial charge is 0.270 e. The quantitative estimate of drug-likeness (QED) is 0.799. The molecule has 5 nitrogen and oxygen atoms in total. The van der Waals surface area contributed by atoms with Crippen molar-refractivity contribution in [2.75, 3.05) is 26.2 Å². The Morgan fingerprint density at radius 2 is 1.70 bits per heavy atom. The van der Waals surface area contributed by atoms with E-state index in [0.29, 0.717) is 32.7 Å². The van der Waals surface area contributed by atoms with Crippen LogP contribution in [0, 0.1) is 13.8 Å². The van der Waals surface area contributed by atoms with Crippen LogP contribution in [0.15, 0.2) is 12.7 Å². The highest BCUT2D eigenvalue weighted by molar-refractivity contribution is 5.95.